The Hall–Kier alpha value is -1.01. The molecule has 1 amide bonds. The number of rotatable bonds is 4. The summed E-state index contributed by atoms with van der Waals surface area (Å²) in [6.07, 6.45) is 0.119. The second kappa shape index (κ2) is 8.58. The van der Waals surface area contributed by atoms with Crippen LogP contribution in [-0.4, -0.2) is 59.5 Å². The molecular weight excluding hydrogens is 351 g/mol. The third kappa shape index (κ3) is 4.74. The van der Waals surface area contributed by atoms with Gasteiger partial charge in [0.1, 0.15) is 0 Å². The Balaban J connectivity index is 0.00000242. The van der Waals surface area contributed by atoms with Crippen molar-refractivity contribution in [2.45, 2.75) is 6.42 Å². The Morgan fingerprint density at radius 3 is 2.36 bits per heavy atom. The highest BCUT2D eigenvalue weighted by molar-refractivity contribution is 6.43. The van der Waals surface area contributed by atoms with Gasteiger partial charge in [0.05, 0.1) is 22.0 Å². The van der Waals surface area contributed by atoms with Gasteiger partial charge in [-0.15, -0.1) is 12.4 Å². The van der Waals surface area contributed by atoms with Crippen molar-refractivity contribution < 1.29 is 14.7 Å². The van der Waals surface area contributed by atoms with E-state index in [9.17, 15) is 9.59 Å². The zero-order valence-electron chi connectivity index (χ0n) is 11.8. The Morgan fingerprint density at radius 2 is 1.77 bits per heavy atom. The minimum atomic E-state index is -0.806. The molecule has 1 aliphatic rings. The van der Waals surface area contributed by atoms with Crippen molar-refractivity contribution in [3.8, 4) is 0 Å². The maximum atomic E-state index is 12.4. The number of carboxylic acids is 1. The Morgan fingerprint density at radius 1 is 1.14 bits per heavy atom. The number of amides is 1. The normalized spacial score (nSPS) is 15.3. The topological polar surface area (TPSA) is 60.9 Å². The number of hydrogen-bond acceptors (Lipinski definition) is 3. The lowest BCUT2D eigenvalue weighted by Gasteiger charge is -2.34. The fourth-order valence-electron chi connectivity index (χ4n) is 2.27. The van der Waals surface area contributed by atoms with E-state index < -0.39 is 5.97 Å². The molecule has 0 bridgehead atoms. The van der Waals surface area contributed by atoms with Crippen molar-refractivity contribution in [1.29, 1.82) is 0 Å². The molecular formula is C14H17Cl3N2O3. The van der Waals surface area contributed by atoms with Gasteiger partial charge in [0.15, 0.2) is 0 Å². The molecule has 0 aliphatic carbocycles. The largest absolute Gasteiger partial charge is 0.481 e. The first-order valence-corrected chi connectivity index (χ1v) is 7.42. The molecule has 8 heteroatoms. The zero-order chi connectivity index (χ0) is 15.4. The summed E-state index contributed by atoms with van der Waals surface area (Å²) in [5, 5.41) is 9.31. The fraction of sp³-hybridized carbons (Fsp3) is 0.429. The summed E-state index contributed by atoms with van der Waals surface area (Å²) in [5.41, 5.74) is 0.406. The molecule has 0 atom stereocenters. The summed E-state index contributed by atoms with van der Waals surface area (Å²) >= 11 is 12.0. The van der Waals surface area contributed by atoms with Crippen LogP contribution in [0.5, 0.6) is 0 Å². The smallest absolute Gasteiger partial charge is 0.304 e. The molecule has 5 nitrogen and oxygen atoms in total. The predicted molar refractivity (Wildman–Crippen MR) is 88.3 cm³/mol. The molecule has 1 fully saturated rings. The summed E-state index contributed by atoms with van der Waals surface area (Å²) in [7, 11) is 0. The predicted octanol–water partition coefficient (Wildman–Crippen LogP) is 2.65. The van der Waals surface area contributed by atoms with Gasteiger partial charge >= 0.3 is 5.97 Å². The summed E-state index contributed by atoms with van der Waals surface area (Å²) in [6, 6.07) is 5.00. The molecule has 0 saturated carbocycles. The number of piperazine rings is 1. The first-order chi connectivity index (χ1) is 9.99. The van der Waals surface area contributed by atoms with E-state index in [4.69, 9.17) is 28.3 Å². The van der Waals surface area contributed by atoms with Crippen molar-refractivity contribution in [2.24, 2.45) is 0 Å². The van der Waals surface area contributed by atoms with Crippen LogP contribution in [0.3, 0.4) is 0 Å². The average molecular weight is 368 g/mol. The van der Waals surface area contributed by atoms with Crippen molar-refractivity contribution in [1.82, 2.24) is 9.80 Å². The van der Waals surface area contributed by atoms with Crippen molar-refractivity contribution in [3.63, 3.8) is 0 Å². The minimum Gasteiger partial charge on any atom is -0.481 e. The third-order valence-corrected chi connectivity index (χ3v) is 4.30. The summed E-state index contributed by atoms with van der Waals surface area (Å²) in [5.74, 6) is -0.945. The number of carboxylic acid groups (broad SMARTS) is 1. The number of aliphatic carboxylic acids is 1. The molecule has 122 valence electrons. The van der Waals surface area contributed by atoms with Gasteiger partial charge in [-0.25, -0.2) is 0 Å². The van der Waals surface area contributed by atoms with E-state index in [0.717, 1.165) is 0 Å². The SMILES string of the molecule is Cl.O=C(O)CCN1CCN(C(=O)c2cccc(Cl)c2Cl)CC1. The van der Waals surface area contributed by atoms with E-state index in [2.05, 4.69) is 0 Å². The first-order valence-electron chi connectivity index (χ1n) is 6.66. The van der Waals surface area contributed by atoms with Crippen LogP contribution in [-0.2, 0) is 4.79 Å². The van der Waals surface area contributed by atoms with Gasteiger partial charge in [-0.1, -0.05) is 29.3 Å². The van der Waals surface area contributed by atoms with E-state index in [1.807, 2.05) is 4.90 Å². The number of carbonyl (C=O) groups is 2. The molecule has 1 heterocycles. The average Bonchev–Trinajstić information content (AvgIpc) is 2.48. The highest BCUT2D eigenvalue weighted by Gasteiger charge is 2.24. The standard InChI is InChI=1S/C14H16Cl2N2O3.ClH/c15-11-3-1-2-10(13(11)16)14(21)18-8-6-17(7-9-18)5-4-12(19)20;/h1-3H,4-9H2,(H,19,20);1H. The molecule has 1 aromatic rings. The molecule has 0 unspecified atom stereocenters. The maximum absolute atomic E-state index is 12.4. The van der Waals surface area contributed by atoms with Crippen LogP contribution in [0.1, 0.15) is 16.8 Å². The monoisotopic (exact) mass is 366 g/mol. The lowest BCUT2D eigenvalue weighted by molar-refractivity contribution is -0.137. The molecule has 0 spiro atoms. The third-order valence-electron chi connectivity index (χ3n) is 3.48. The van der Waals surface area contributed by atoms with E-state index in [-0.39, 0.29) is 29.8 Å². The molecule has 2 rings (SSSR count). The second-order valence-corrected chi connectivity index (χ2v) is 5.66. The lowest BCUT2D eigenvalue weighted by Crippen LogP contribution is -2.49. The molecule has 1 aliphatic heterocycles. The molecule has 22 heavy (non-hydrogen) atoms. The number of carbonyl (C=O) groups excluding carboxylic acids is 1. The highest BCUT2D eigenvalue weighted by Crippen LogP contribution is 2.26. The summed E-state index contributed by atoms with van der Waals surface area (Å²) in [6.45, 7) is 2.95. The van der Waals surface area contributed by atoms with Gasteiger partial charge in [0, 0.05) is 32.7 Å². The number of benzene rings is 1. The van der Waals surface area contributed by atoms with Gasteiger partial charge in [-0.3, -0.25) is 14.5 Å². The number of nitrogens with zero attached hydrogens (tertiary/aromatic N) is 2. The van der Waals surface area contributed by atoms with Crippen LogP contribution in [0.25, 0.3) is 0 Å². The number of hydrogen-bond donors (Lipinski definition) is 1. The zero-order valence-corrected chi connectivity index (χ0v) is 14.1. The van der Waals surface area contributed by atoms with Crippen LogP contribution < -0.4 is 0 Å². The van der Waals surface area contributed by atoms with Crippen LogP contribution in [0.15, 0.2) is 18.2 Å². The summed E-state index contributed by atoms with van der Waals surface area (Å²) in [4.78, 5) is 26.7. The van der Waals surface area contributed by atoms with Crippen LogP contribution in [0, 0.1) is 0 Å². The Bertz CT molecular complexity index is 546. The van der Waals surface area contributed by atoms with Crippen molar-refractivity contribution >= 4 is 47.5 Å². The Labute approximate surface area is 145 Å². The molecule has 1 saturated heterocycles. The Kier molecular flexibility index (Phi) is 7.42. The van der Waals surface area contributed by atoms with Gasteiger partial charge in [0.25, 0.3) is 5.91 Å². The van der Waals surface area contributed by atoms with E-state index in [0.29, 0.717) is 43.3 Å². The van der Waals surface area contributed by atoms with Crippen molar-refractivity contribution in [3.05, 3.63) is 33.8 Å². The first kappa shape index (κ1) is 19.0. The van der Waals surface area contributed by atoms with E-state index >= 15 is 0 Å². The fourth-order valence-corrected chi connectivity index (χ4v) is 2.65. The lowest BCUT2D eigenvalue weighted by atomic mass is 10.1. The van der Waals surface area contributed by atoms with Crippen LogP contribution in [0.4, 0.5) is 0 Å². The summed E-state index contributed by atoms with van der Waals surface area (Å²) < 4.78 is 0. The second-order valence-electron chi connectivity index (χ2n) is 4.88. The van der Waals surface area contributed by atoms with Gasteiger partial charge in [-0.2, -0.15) is 0 Å². The van der Waals surface area contributed by atoms with E-state index in [1.165, 1.54) is 0 Å². The van der Waals surface area contributed by atoms with Gasteiger partial charge in [-0.05, 0) is 12.1 Å². The molecule has 0 radical (unpaired) electrons. The van der Waals surface area contributed by atoms with Gasteiger partial charge in [0.2, 0.25) is 0 Å². The molecule has 1 aromatic carbocycles. The quantitative estimate of drug-likeness (QED) is 0.889. The highest BCUT2D eigenvalue weighted by atomic mass is 35.5. The van der Waals surface area contributed by atoms with Crippen LogP contribution >= 0.6 is 35.6 Å². The van der Waals surface area contributed by atoms with Crippen LogP contribution in [0.2, 0.25) is 10.0 Å². The number of halogens is 3. The minimum absolute atomic E-state index is 0. The van der Waals surface area contributed by atoms with Crippen molar-refractivity contribution in [2.75, 3.05) is 32.7 Å². The molecule has 0 aromatic heterocycles. The van der Waals surface area contributed by atoms with Gasteiger partial charge < -0.3 is 10.0 Å². The molecule has 1 N–H and O–H groups in total. The van der Waals surface area contributed by atoms with E-state index in [1.54, 1.807) is 23.1 Å². The maximum Gasteiger partial charge on any atom is 0.304 e.